The first-order chi connectivity index (χ1) is 12.2. The monoisotopic (exact) mass is 353 g/mol. The van der Waals surface area contributed by atoms with Crippen LogP contribution in [0.2, 0.25) is 0 Å². The number of carbonyl (C=O) groups excluding carboxylic acids is 1. The van der Waals surface area contributed by atoms with Crippen LogP contribution < -0.4 is 0 Å². The number of hydrogen-bond acceptors (Lipinski definition) is 4. The molecule has 1 aromatic carbocycles. The van der Waals surface area contributed by atoms with Crippen molar-refractivity contribution in [3.05, 3.63) is 29.8 Å². The van der Waals surface area contributed by atoms with Crippen LogP contribution in [-0.4, -0.2) is 43.6 Å². The van der Waals surface area contributed by atoms with Gasteiger partial charge in [-0.05, 0) is 47.8 Å². The Hall–Kier alpha value is -2.24. The molecule has 2 fully saturated rings. The lowest BCUT2D eigenvalue weighted by Gasteiger charge is -2.39. The molecular weight excluding hydrogens is 326 g/mol. The fourth-order valence-electron chi connectivity index (χ4n) is 5.21. The van der Waals surface area contributed by atoms with E-state index in [-0.39, 0.29) is 17.9 Å². The molecule has 4 rings (SSSR count). The van der Waals surface area contributed by atoms with Gasteiger partial charge < -0.3 is 4.90 Å². The minimum Gasteiger partial charge on any atom is -0.337 e. The third-order valence-electron chi connectivity index (χ3n) is 5.85. The number of benzene rings is 1. The molecule has 6 heteroatoms. The minimum atomic E-state index is 0.102. The molecule has 0 radical (unpaired) electrons. The summed E-state index contributed by atoms with van der Waals surface area (Å²) in [6, 6.07) is 8.29. The van der Waals surface area contributed by atoms with Gasteiger partial charge in [0.05, 0.1) is 0 Å². The smallest absolute Gasteiger partial charge is 0.246 e. The molecule has 2 atom stereocenters. The molecule has 0 unspecified atom stereocenters. The van der Waals surface area contributed by atoms with E-state index in [4.69, 9.17) is 0 Å². The molecule has 2 aromatic rings. The van der Waals surface area contributed by atoms with Crippen molar-refractivity contribution in [2.75, 3.05) is 6.54 Å². The second kappa shape index (κ2) is 5.89. The van der Waals surface area contributed by atoms with E-state index >= 15 is 0 Å². The van der Waals surface area contributed by atoms with Crippen molar-refractivity contribution in [3.63, 3.8) is 0 Å². The lowest BCUT2D eigenvalue weighted by atomic mass is 9.65. The predicted octanol–water partition coefficient (Wildman–Crippen LogP) is 3.08. The second-order valence-electron chi connectivity index (χ2n) is 9.19. The number of hydrogen-bond donors (Lipinski definition) is 0. The molecule has 2 aliphatic rings. The highest BCUT2D eigenvalue weighted by Crippen LogP contribution is 2.52. The maximum atomic E-state index is 12.9. The topological polar surface area (TPSA) is 63.9 Å². The highest BCUT2D eigenvalue weighted by atomic mass is 16.2. The molecule has 1 saturated heterocycles. The number of likely N-dealkylation sites (tertiary alicyclic amines) is 1. The summed E-state index contributed by atoms with van der Waals surface area (Å²) in [5, 5.41) is 12.7. The zero-order chi connectivity index (χ0) is 18.5. The Morgan fingerprint density at radius 1 is 1.23 bits per heavy atom. The van der Waals surface area contributed by atoms with Crippen LogP contribution >= 0.6 is 0 Å². The number of rotatable bonds is 3. The van der Waals surface area contributed by atoms with E-state index in [1.165, 1.54) is 11.2 Å². The van der Waals surface area contributed by atoms with Gasteiger partial charge in [0.1, 0.15) is 6.54 Å². The molecule has 1 aliphatic carbocycles. The number of fused-ring (bicyclic) bond motifs is 2. The molecule has 0 N–H and O–H groups in total. The molecule has 6 nitrogen and oxygen atoms in total. The third kappa shape index (κ3) is 3.13. The average Bonchev–Trinajstić information content (AvgIpc) is 3.08. The Morgan fingerprint density at radius 3 is 2.77 bits per heavy atom. The zero-order valence-corrected chi connectivity index (χ0v) is 16.1. The second-order valence-corrected chi connectivity index (χ2v) is 9.19. The van der Waals surface area contributed by atoms with E-state index in [9.17, 15) is 4.79 Å². The fourth-order valence-corrected chi connectivity index (χ4v) is 5.21. The number of aryl methyl sites for hydroxylation is 1. The fraction of sp³-hybridized carbons (Fsp3) is 0.600. The van der Waals surface area contributed by atoms with E-state index in [0.29, 0.717) is 17.3 Å². The van der Waals surface area contributed by atoms with Gasteiger partial charge in [-0.2, -0.15) is 4.80 Å². The van der Waals surface area contributed by atoms with Crippen molar-refractivity contribution in [3.8, 4) is 11.4 Å². The van der Waals surface area contributed by atoms with E-state index < -0.39 is 0 Å². The summed E-state index contributed by atoms with van der Waals surface area (Å²) >= 11 is 0. The Morgan fingerprint density at radius 2 is 2.00 bits per heavy atom. The summed E-state index contributed by atoms with van der Waals surface area (Å²) < 4.78 is 0. The first-order valence-corrected chi connectivity index (χ1v) is 9.38. The number of tetrazole rings is 1. The van der Waals surface area contributed by atoms with Crippen molar-refractivity contribution < 1.29 is 4.79 Å². The van der Waals surface area contributed by atoms with Crippen molar-refractivity contribution in [2.45, 2.75) is 59.5 Å². The van der Waals surface area contributed by atoms with Crippen LogP contribution in [0.5, 0.6) is 0 Å². The molecule has 138 valence electrons. The largest absolute Gasteiger partial charge is 0.337 e. The SMILES string of the molecule is Cc1ccccc1-c1nnn(CC(=O)N2C[C@@]3(C)C[C@@H]2CC(C)(C)C3)n1. The van der Waals surface area contributed by atoms with Crippen molar-refractivity contribution in [2.24, 2.45) is 10.8 Å². The van der Waals surface area contributed by atoms with Gasteiger partial charge in [0, 0.05) is 18.2 Å². The summed E-state index contributed by atoms with van der Waals surface area (Å²) in [7, 11) is 0. The van der Waals surface area contributed by atoms with E-state index in [0.717, 1.165) is 30.5 Å². The van der Waals surface area contributed by atoms with Crippen LogP contribution in [0.15, 0.2) is 24.3 Å². The quantitative estimate of drug-likeness (QED) is 0.851. The molecule has 1 aliphatic heterocycles. The number of aromatic nitrogens is 4. The Labute approximate surface area is 154 Å². The van der Waals surface area contributed by atoms with Crippen molar-refractivity contribution in [1.82, 2.24) is 25.1 Å². The minimum absolute atomic E-state index is 0.102. The Bertz CT molecular complexity index is 842. The van der Waals surface area contributed by atoms with Crippen LogP contribution in [-0.2, 0) is 11.3 Å². The number of nitrogens with zero attached hydrogens (tertiary/aromatic N) is 5. The van der Waals surface area contributed by atoms with Crippen LogP contribution in [0, 0.1) is 17.8 Å². The Kier molecular flexibility index (Phi) is 3.90. The van der Waals surface area contributed by atoms with Gasteiger partial charge in [-0.25, -0.2) is 0 Å². The standard InChI is InChI=1S/C20H27N5O/c1-14-7-5-6-8-16(14)18-21-23-25(22-18)11-17(26)24-13-20(4)10-15(24)9-19(2,3)12-20/h5-8,15H,9-13H2,1-4H3/t15-,20-/m0/s1. The molecule has 1 amide bonds. The van der Waals surface area contributed by atoms with Crippen molar-refractivity contribution >= 4 is 5.91 Å². The van der Waals surface area contributed by atoms with Gasteiger partial charge in [0.2, 0.25) is 11.7 Å². The van der Waals surface area contributed by atoms with Crippen LogP contribution in [0.1, 0.15) is 45.6 Å². The summed E-state index contributed by atoms with van der Waals surface area (Å²) in [6.07, 6.45) is 3.37. The molecule has 2 bridgehead atoms. The first kappa shape index (κ1) is 17.2. The van der Waals surface area contributed by atoms with Gasteiger partial charge in [0.25, 0.3) is 0 Å². The highest BCUT2D eigenvalue weighted by Gasteiger charge is 2.50. The molecule has 26 heavy (non-hydrogen) atoms. The normalized spacial score (nSPS) is 26.9. The predicted molar refractivity (Wildman–Crippen MR) is 99.2 cm³/mol. The van der Waals surface area contributed by atoms with E-state index in [1.807, 2.05) is 31.2 Å². The number of amides is 1. The zero-order valence-electron chi connectivity index (χ0n) is 16.1. The summed E-state index contributed by atoms with van der Waals surface area (Å²) in [4.78, 5) is 16.4. The summed E-state index contributed by atoms with van der Waals surface area (Å²) in [6.45, 7) is 9.98. The van der Waals surface area contributed by atoms with E-state index in [1.54, 1.807) is 0 Å². The van der Waals surface area contributed by atoms with Gasteiger partial charge in [0.15, 0.2) is 0 Å². The van der Waals surface area contributed by atoms with Crippen LogP contribution in [0.3, 0.4) is 0 Å². The maximum Gasteiger partial charge on any atom is 0.246 e. The molecule has 1 saturated carbocycles. The van der Waals surface area contributed by atoms with Crippen molar-refractivity contribution in [1.29, 1.82) is 0 Å². The molecule has 0 spiro atoms. The van der Waals surface area contributed by atoms with Gasteiger partial charge in [-0.3, -0.25) is 4.79 Å². The third-order valence-corrected chi connectivity index (χ3v) is 5.85. The molecule has 1 aromatic heterocycles. The maximum absolute atomic E-state index is 12.9. The molecule has 2 heterocycles. The summed E-state index contributed by atoms with van der Waals surface area (Å²) in [5.41, 5.74) is 2.60. The Balaban J connectivity index is 1.49. The van der Waals surface area contributed by atoms with E-state index in [2.05, 4.69) is 41.1 Å². The highest BCUT2D eigenvalue weighted by molar-refractivity contribution is 5.76. The first-order valence-electron chi connectivity index (χ1n) is 9.38. The molecular formula is C20H27N5O. The van der Waals surface area contributed by atoms with Crippen LogP contribution in [0.4, 0.5) is 0 Å². The lowest BCUT2D eigenvalue weighted by molar-refractivity contribution is -0.133. The van der Waals surface area contributed by atoms with Gasteiger partial charge in [-0.1, -0.05) is 45.0 Å². The average molecular weight is 353 g/mol. The summed E-state index contributed by atoms with van der Waals surface area (Å²) in [5.74, 6) is 0.675. The van der Waals surface area contributed by atoms with Gasteiger partial charge >= 0.3 is 0 Å². The van der Waals surface area contributed by atoms with Gasteiger partial charge in [-0.15, -0.1) is 10.2 Å². The number of carbonyl (C=O) groups is 1. The lowest BCUT2D eigenvalue weighted by Crippen LogP contribution is -2.39. The van der Waals surface area contributed by atoms with Crippen LogP contribution in [0.25, 0.3) is 11.4 Å².